The number of nitro groups is 1. The molecule has 0 radical (unpaired) electrons. The van der Waals surface area contributed by atoms with Gasteiger partial charge in [-0.05, 0) is 43.9 Å². The smallest absolute Gasteiger partial charge is 0.289 e. The standard InChI is InChI=1S/C29H43N7O8/c1-7-8-19(22(37)27(41)32-17-9-10-17)33-26(40)21-15(2)11-12-35(21)28(42)23(29(4,5)6)34-24(38)16(3)31-25(39)20-13-18(14-30-20)36(43)44/h13-17,19,21,23,30H,7-12H2,1-6H3,(H,31,39)(H,32,41)(H,33,40)(H,34,38)/t15-,16-,19-,21-,23+/m0/s1. The van der Waals surface area contributed by atoms with Crippen LogP contribution in [0.1, 0.15) is 84.1 Å². The predicted molar refractivity (Wildman–Crippen MR) is 158 cm³/mol. The van der Waals surface area contributed by atoms with Crippen LogP contribution in [0.15, 0.2) is 12.3 Å². The highest BCUT2D eigenvalue weighted by atomic mass is 16.6. The Hall–Kier alpha value is -4.30. The van der Waals surface area contributed by atoms with Crippen LogP contribution in [-0.2, 0) is 24.0 Å². The van der Waals surface area contributed by atoms with E-state index in [0.717, 1.165) is 25.1 Å². The Kier molecular flexibility index (Phi) is 10.9. The van der Waals surface area contributed by atoms with Crippen molar-refractivity contribution in [3.63, 3.8) is 0 Å². The van der Waals surface area contributed by atoms with E-state index in [9.17, 15) is 38.9 Å². The molecule has 2 aliphatic rings. The van der Waals surface area contributed by atoms with Gasteiger partial charge in [0, 0.05) is 18.7 Å². The zero-order valence-electron chi connectivity index (χ0n) is 26.0. The van der Waals surface area contributed by atoms with E-state index in [2.05, 4.69) is 26.3 Å². The second kappa shape index (κ2) is 14.0. The average molecular weight is 618 g/mol. The number of rotatable bonds is 13. The molecule has 0 bridgehead atoms. The quantitative estimate of drug-likeness (QED) is 0.122. The number of H-pyrrole nitrogens is 1. The van der Waals surface area contributed by atoms with Gasteiger partial charge in [0.1, 0.15) is 23.8 Å². The fourth-order valence-electron chi connectivity index (χ4n) is 5.09. The number of amides is 5. The highest BCUT2D eigenvalue weighted by molar-refractivity contribution is 6.38. The lowest BCUT2D eigenvalue weighted by Crippen LogP contribution is -2.61. The van der Waals surface area contributed by atoms with Crippen molar-refractivity contribution in [2.45, 2.75) is 104 Å². The first-order valence-electron chi connectivity index (χ1n) is 14.9. The van der Waals surface area contributed by atoms with Gasteiger partial charge < -0.3 is 31.2 Å². The van der Waals surface area contributed by atoms with E-state index in [1.54, 1.807) is 20.8 Å². The molecule has 15 heteroatoms. The third kappa shape index (κ3) is 8.41. The van der Waals surface area contributed by atoms with E-state index in [1.807, 2.05) is 13.8 Å². The summed E-state index contributed by atoms with van der Waals surface area (Å²) in [5.41, 5.74) is -1.22. The molecule has 1 saturated carbocycles. The second-order valence-corrected chi connectivity index (χ2v) is 12.7. The topological polar surface area (TPSA) is 213 Å². The molecule has 15 nitrogen and oxygen atoms in total. The molecule has 242 valence electrons. The Labute approximate surface area is 255 Å². The fraction of sp³-hybridized carbons (Fsp3) is 0.655. The molecule has 1 aliphatic heterocycles. The zero-order valence-corrected chi connectivity index (χ0v) is 26.0. The van der Waals surface area contributed by atoms with E-state index in [4.69, 9.17) is 0 Å². The van der Waals surface area contributed by atoms with Crippen molar-refractivity contribution in [3.8, 4) is 0 Å². The molecule has 2 fully saturated rings. The maximum atomic E-state index is 13.9. The molecule has 1 aromatic rings. The molecule has 0 unspecified atom stereocenters. The van der Waals surface area contributed by atoms with Crippen molar-refractivity contribution in [2.24, 2.45) is 11.3 Å². The molecule has 1 aromatic heterocycles. The van der Waals surface area contributed by atoms with Crippen LogP contribution in [0.5, 0.6) is 0 Å². The van der Waals surface area contributed by atoms with Crippen LogP contribution >= 0.6 is 0 Å². The van der Waals surface area contributed by atoms with Gasteiger partial charge in [-0.1, -0.05) is 41.0 Å². The molecule has 0 aromatic carbocycles. The molecular formula is C29H43N7O8. The number of ketones is 1. The molecule has 2 heterocycles. The molecule has 1 saturated heterocycles. The van der Waals surface area contributed by atoms with Crippen LogP contribution in [0, 0.1) is 21.4 Å². The van der Waals surface area contributed by atoms with Crippen molar-refractivity contribution in [1.29, 1.82) is 0 Å². The number of likely N-dealkylation sites (tertiary alicyclic amines) is 1. The largest absolute Gasteiger partial charge is 0.351 e. The zero-order chi connectivity index (χ0) is 32.9. The van der Waals surface area contributed by atoms with Gasteiger partial charge in [0.25, 0.3) is 17.5 Å². The van der Waals surface area contributed by atoms with Gasteiger partial charge in [-0.3, -0.25) is 38.9 Å². The molecular weight excluding hydrogens is 574 g/mol. The summed E-state index contributed by atoms with van der Waals surface area (Å²) in [7, 11) is 0. The van der Waals surface area contributed by atoms with Crippen molar-refractivity contribution in [2.75, 3.05) is 6.54 Å². The van der Waals surface area contributed by atoms with Gasteiger partial charge in [-0.15, -0.1) is 0 Å². The lowest BCUT2D eigenvalue weighted by atomic mass is 9.85. The monoisotopic (exact) mass is 617 g/mol. The molecule has 3 rings (SSSR count). The summed E-state index contributed by atoms with van der Waals surface area (Å²) in [6, 6.07) is -3.12. The van der Waals surface area contributed by atoms with Gasteiger partial charge in [-0.2, -0.15) is 0 Å². The number of hydrogen-bond donors (Lipinski definition) is 5. The average Bonchev–Trinajstić information content (AvgIpc) is 3.45. The number of carbonyl (C=O) groups excluding carboxylic acids is 6. The second-order valence-electron chi connectivity index (χ2n) is 12.7. The number of Topliss-reactive ketones (excluding diaryl/α,β-unsaturated/α-hetero) is 1. The first-order chi connectivity index (χ1) is 20.5. The van der Waals surface area contributed by atoms with E-state index in [0.29, 0.717) is 12.8 Å². The summed E-state index contributed by atoms with van der Waals surface area (Å²) in [4.78, 5) is 92.6. The van der Waals surface area contributed by atoms with E-state index < -0.39 is 69.8 Å². The highest BCUT2D eigenvalue weighted by Crippen LogP contribution is 2.29. The summed E-state index contributed by atoms with van der Waals surface area (Å²) >= 11 is 0. The maximum Gasteiger partial charge on any atom is 0.289 e. The lowest BCUT2D eigenvalue weighted by Gasteiger charge is -2.36. The van der Waals surface area contributed by atoms with Crippen LogP contribution in [0.3, 0.4) is 0 Å². The summed E-state index contributed by atoms with van der Waals surface area (Å²) in [6.45, 7) is 10.6. The molecule has 44 heavy (non-hydrogen) atoms. The van der Waals surface area contributed by atoms with Crippen LogP contribution in [0.4, 0.5) is 5.69 Å². The molecule has 5 amide bonds. The Morgan fingerprint density at radius 1 is 1.09 bits per heavy atom. The Morgan fingerprint density at radius 2 is 1.75 bits per heavy atom. The minimum Gasteiger partial charge on any atom is -0.351 e. The predicted octanol–water partition coefficient (Wildman–Crippen LogP) is 0.942. The Balaban J connectivity index is 1.71. The summed E-state index contributed by atoms with van der Waals surface area (Å²) in [6.07, 6.45) is 4.00. The molecule has 5 N–H and O–H groups in total. The molecule has 5 atom stereocenters. The van der Waals surface area contributed by atoms with Crippen LogP contribution in [0.2, 0.25) is 0 Å². The first kappa shape index (κ1) is 34.2. The normalized spacial score (nSPS) is 20.2. The SMILES string of the molecule is CCC[C@H](NC(=O)[C@@H]1[C@@H](C)CCN1C(=O)[C@@H](NC(=O)[C@H](C)NC(=O)c1cc([N+](=O)[O-])c[nH]1)C(C)(C)C)C(=O)C(=O)NC1CC1. The van der Waals surface area contributed by atoms with Gasteiger partial charge in [0.2, 0.25) is 23.5 Å². The summed E-state index contributed by atoms with van der Waals surface area (Å²) < 4.78 is 0. The fourth-order valence-corrected chi connectivity index (χ4v) is 5.09. The molecule has 0 spiro atoms. The van der Waals surface area contributed by atoms with Crippen molar-refractivity contribution in [1.82, 2.24) is 31.2 Å². The van der Waals surface area contributed by atoms with E-state index in [-0.39, 0.29) is 36.3 Å². The minimum absolute atomic E-state index is 0.0112. The third-order valence-corrected chi connectivity index (χ3v) is 7.86. The Morgan fingerprint density at radius 3 is 2.30 bits per heavy atom. The van der Waals surface area contributed by atoms with Crippen LogP contribution in [-0.4, -0.2) is 86.9 Å². The number of aromatic nitrogens is 1. The Bertz CT molecular complexity index is 1300. The van der Waals surface area contributed by atoms with Gasteiger partial charge in [0.15, 0.2) is 0 Å². The van der Waals surface area contributed by atoms with Crippen molar-refractivity contribution < 1.29 is 33.7 Å². The number of aromatic amines is 1. The van der Waals surface area contributed by atoms with Crippen molar-refractivity contribution >= 4 is 41.0 Å². The van der Waals surface area contributed by atoms with Crippen LogP contribution in [0.25, 0.3) is 0 Å². The lowest BCUT2D eigenvalue weighted by molar-refractivity contribution is -0.384. The van der Waals surface area contributed by atoms with E-state index >= 15 is 0 Å². The van der Waals surface area contributed by atoms with Gasteiger partial charge in [-0.25, -0.2) is 0 Å². The summed E-state index contributed by atoms with van der Waals surface area (Å²) in [5, 5.41) is 21.4. The van der Waals surface area contributed by atoms with Gasteiger partial charge in [0.05, 0.1) is 17.2 Å². The first-order valence-corrected chi connectivity index (χ1v) is 14.9. The maximum absolute atomic E-state index is 13.9. The highest BCUT2D eigenvalue weighted by Gasteiger charge is 2.46. The number of nitrogens with zero attached hydrogens (tertiary/aromatic N) is 2. The van der Waals surface area contributed by atoms with Crippen molar-refractivity contribution in [3.05, 3.63) is 28.1 Å². The van der Waals surface area contributed by atoms with Crippen LogP contribution < -0.4 is 21.3 Å². The van der Waals surface area contributed by atoms with E-state index in [1.165, 1.54) is 11.8 Å². The summed E-state index contributed by atoms with van der Waals surface area (Å²) in [5.74, 6) is -4.17. The molecule has 1 aliphatic carbocycles. The third-order valence-electron chi connectivity index (χ3n) is 7.86. The number of nitrogens with one attached hydrogen (secondary N) is 5. The minimum atomic E-state index is -1.11. The van der Waals surface area contributed by atoms with Gasteiger partial charge >= 0.3 is 0 Å². The number of hydrogen-bond acceptors (Lipinski definition) is 8. The number of carbonyl (C=O) groups is 6.